The molecule has 0 atom stereocenters. The minimum Gasteiger partial charge on any atom is -0.268 e. The number of carbonyl (C=O) groups is 2. The number of anilines is 1. The number of hydrogen-bond acceptors (Lipinski definition) is 3. The number of rotatable bonds is 4. The van der Waals surface area contributed by atoms with E-state index in [1.165, 1.54) is 11.8 Å². The van der Waals surface area contributed by atoms with Crippen LogP contribution < -0.4 is 4.90 Å². The van der Waals surface area contributed by atoms with Crippen molar-refractivity contribution in [3.63, 3.8) is 0 Å². The third kappa shape index (κ3) is 3.05. The van der Waals surface area contributed by atoms with Gasteiger partial charge in [0.25, 0.3) is 11.8 Å². The fraction of sp³-hybridized carbons (Fsp3) is 0.200. The molecule has 2 aromatic carbocycles. The smallest absolute Gasteiger partial charge is 0.268 e. The second kappa shape index (κ2) is 7.03. The predicted molar refractivity (Wildman–Crippen MR) is 99.8 cm³/mol. The molecule has 3 rings (SSSR count). The van der Waals surface area contributed by atoms with Gasteiger partial charge in [-0.3, -0.25) is 9.59 Å². The number of hydrogen-bond donors (Lipinski definition) is 0. The van der Waals surface area contributed by atoms with E-state index >= 15 is 0 Å². The second-order valence-corrected chi connectivity index (χ2v) is 7.25. The summed E-state index contributed by atoms with van der Waals surface area (Å²) < 4.78 is 27.8. The molecule has 0 bridgehead atoms. The Balaban J connectivity index is 2.15. The molecule has 3 nitrogen and oxygen atoms in total. The van der Waals surface area contributed by atoms with Gasteiger partial charge in [-0.25, -0.2) is 13.7 Å². The molecule has 6 heteroatoms. The quantitative estimate of drug-likeness (QED) is 0.734. The van der Waals surface area contributed by atoms with Gasteiger partial charge >= 0.3 is 0 Å². The van der Waals surface area contributed by atoms with Crippen molar-refractivity contribution in [2.75, 3.05) is 10.7 Å². The molecule has 1 aliphatic rings. The van der Waals surface area contributed by atoms with Crippen molar-refractivity contribution in [3.8, 4) is 0 Å². The van der Waals surface area contributed by atoms with Gasteiger partial charge in [0.15, 0.2) is 0 Å². The Bertz CT molecular complexity index is 953. The molecule has 0 saturated carbocycles. The number of thioether (sulfide) groups is 1. The van der Waals surface area contributed by atoms with Crippen molar-refractivity contribution in [2.45, 2.75) is 20.8 Å². The highest BCUT2D eigenvalue weighted by Gasteiger charge is 2.41. The number of aryl methyl sites for hydroxylation is 2. The van der Waals surface area contributed by atoms with E-state index in [4.69, 9.17) is 0 Å². The Labute approximate surface area is 154 Å². The van der Waals surface area contributed by atoms with Gasteiger partial charge in [0.1, 0.15) is 11.6 Å². The van der Waals surface area contributed by atoms with Crippen molar-refractivity contribution in [3.05, 3.63) is 69.6 Å². The zero-order chi connectivity index (χ0) is 19.0. The molecule has 0 spiro atoms. The van der Waals surface area contributed by atoms with Crippen LogP contribution >= 0.6 is 11.8 Å². The Morgan fingerprint density at radius 2 is 1.69 bits per heavy atom. The summed E-state index contributed by atoms with van der Waals surface area (Å²) in [6.45, 7) is 5.72. The lowest BCUT2D eigenvalue weighted by molar-refractivity contribution is -0.119. The molecule has 0 aromatic heterocycles. The summed E-state index contributed by atoms with van der Waals surface area (Å²) in [6.07, 6.45) is 0. The van der Waals surface area contributed by atoms with Crippen LogP contribution in [-0.4, -0.2) is 17.6 Å². The third-order valence-electron chi connectivity index (χ3n) is 4.27. The molecule has 0 N–H and O–H groups in total. The Hall–Kier alpha value is -2.47. The van der Waals surface area contributed by atoms with E-state index in [9.17, 15) is 18.4 Å². The van der Waals surface area contributed by atoms with Crippen LogP contribution in [0.4, 0.5) is 14.5 Å². The Kier molecular flexibility index (Phi) is 4.96. The van der Waals surface area contributed by atoms with E-state index in [-0.39, 0.29) is 16.2 Å². The minimum atomic E-state index is -0.824. The number of halogens is 2. The van der Waals surface area contributed by atoms with Crippen LogP contribution in [0.15, 0.2) is 41.3 Å². The number of amides is 2. The van der Waals surface area contributed by atoms with Crippen molar-refractivity contribution < 1.29 is 18.4 Å². The molecule has 0 fully saturated rings. The highest BCUT2D eigenvalue weighted by Crippen LogP contribution is 2.39. The molecule has 0 radical (unpaired) electrons. The SMILES string of the molecule is CCSC1=C(c2ccc(C)c(C)c2)C(=O)N(c2cc(F)ccc2F)C1=O. The van der Waals surface area contributed by atoms with E-state index in [0.29, 0.717) is 11.3 Å². The molecule has 26 heavy (non-hydrogen) atoms. The fourth-order valence-electron chi connectivity index (χ4n) is 2.82. The first-order chi connectivity index (χ1) is 12.3. The first-order valence-electron chi connectivity index (χ1n) is 8.13. The summed E-state index contributed by atoms with van der Waals surface area (Å²) in [6, 6.07) is 8.19. The van der Waals surface area contributed by atoms with Crippen molar-refractivity contribution in [1.82, 2.24) is 0 Å². The van der Waals surface area contributed by atoms with Gasteiger partial charge in [-0.2, -0.15) is 0 Å². The van der Waals surface area contributed by atoms with E-state index < -0.39 is 23.4 Å². The maximum absolute atomic E-state index is 14.2. The van der Waals surface area contributed by atoms with Gasteiger partial charge in [-0.05, 0) is 48.4 Å². The number of imide groups is 1. The lowest BCUT2D eigenvalue weighted by Gasteiger charge is -2.16. The second-order valence-electron chi connectivity index (χ2n) is 5.98. The highest BCUT2D eigenvalue weighted by atomic mass is 32.2. The monoisotopic (exact) mass is 373 g/mol. The van der Waals surface area contributed by atoms with Gasteiger partial charge in [0, 0.05) is 6.07 Å². The van der Waals surface area contributed by atoms with Crippen LogP contribution in [0.3, 0.4) is 0 Å². The minimum absolute atomic E-state index is 0.230. The van der Waals surface area contributed by atoms with Crippen LogP contribution in [-0.2, 0) is 9.59 Å². The van der Waals surface area contributed by atoms with E-state index in [1.807, 2.05) is 32.9 Å². The Morgan fingerprint density at radius 1 is 0.962 bits per heavy atom. The van der Waals surface area contributed by atoms with Crippen LogP contribution in [0.2, 0.25) is 0 Å². The number of benzene rings is 2. The van der Waals surface area contributed by atoms with Crippen molar-refractivity contribution in [2.24, 2.45) is 0 Å². The largest absolute Gasteiger partial charge is 0.272 e. The fourth-order valence-corrected chi connectivity index (χ4v) is 3.67. The summed E-state index contributed by atoms with van der Waals surface area (Å²) in [5.74, 6) is -2.23. The summed E-state index contributed by atoms with van der Waals surface area (Å²) in [5.41, 5.74) is 2.50. The van der Waals surface area contributed by atoms with Gasteiger partial charge < -0.3 is 0 Å². The topological polar surface area (TPSA) is 37.4 Å². The molecular formula is C20H17F2NO2S. The van der Waals surface area contributed by atoms with Crippen LogP contribution in [0, 0.1) is 25.5 Å². The molecule has 134 valence electrons. The standard InChI is InChI=1S/C20H17F2NO2S/c1-4-26-18-17(13-6-5-11(2)12(3)9-13)19(24)23(20(18)25)16-10-14(21)7-8-15(16)22/h5-10H,4H2,1-3H3. The zero-order valence-electron chi connectivity index (χ0n) is 14.6. The number of nitrogens with zero attached hydrogens (tertiary/aromatic N) is 1. The average Bonchev–Trinajstić information content (AvgIpc) is 2.84. The normalized spacial score (nSPS) is 14.6. The summed E-state index contributed by atoms with van der Waals surface area (Å²) >= 11 is 1.22. The maximum atomic E-state index is 14.2. The molecule has 2 amide bonds. The van der Waals surface area contributed by atoms with Gasteiger partial charge in [0.2, 0.25) is 0 Å². The molecular weight excluding hydrogens is 356 g/mol. The zero-order valence-corrected chi connectivity index (χ0v) is 15.4. The molecule has 0 aliphatic carbocycles. The molecule has 1 heterocycles. The predicted octanol–water partition coefficient (Wildman–Crippen LogP) is 4.62. The third-order valence-corrected chi connectivity index (χ3v) is 5.23. The van der Waals surface area contributed by atoms with Gasteiger partial charge in [-0.1, -0.05) is 25.1 Å². The van der Waals surface area contributed by atoms with Crippen LogP contribution in [0.1, 0.15) is 23.6 Å². The first-order valence-corrected chi connectivity index (χ1v) is 9.12. The summed E-state index contributed by atoms with van der Waals surface area (Å²) in [5, 5.41) is 0. The number of carbonyl (C=O) groups excluding carboxylic acids is 2. The molecule has 1 aliphatic heterocycles. The van der Waals surface area contributed by atoms with E-state index in [2.05, 4.69) is 0 Å². The highest BCUT2D eigenvalue weighted by molar-refractivity contribution is 8.04. The van der Waals surface area contributed by atoms with Gasteiger partial charge in [0.05, 0.1) is 16.2 Å². The van der Waals surface area contributed by atoms with Gasteiger partial charge in [-0.15, -0.1) is 11.8 Å². The van der Waals surface area contributed by atoms with E-state index in [0.717, 1.165) is 34.2 Å². The van der Waals surface area contributed by atoms with Crippen LogP contribution in [0.5, 0.6) is 0 Å². The molecule has 0 unspecified atom stereocenters. The summed E-state index contributed by atoms with van der Waals surface area (Å²) in [7, 11) is 0. The van der Waals surface area contributed by atoms with Crippen molar-refractivity contribution in [1.29, 1.82) is 0 Å². The lowest BCUT2D eigenvalue weighted by atomic mass is 10.0. The van der Waals surface area contributed by atoms with Crippen molar-refractivity contribution >= 4 is 34.8 Å². The molecule has 2 aromatic rings. The van der Waals surface area contributed by atoms with Crippen LogP contribution in [0.25, 0.3) is 5.57 Å². The summed E-state index contributed by atoms with van der Waals surface area (Å²) in [4.78, 5) is 26.8. The average molecular weight is 373 g/mol. The first kappa shape index (κ1) is 18.3. The maximum Gasteiger partial charge on any atom is 0.272 e. The van der Waals surface area contributed by atoms with E-state index in [1.54, 1.807) is 6.07 Å². The molecule has 0 saturated heterocycles. The Morgan fingerprint density at radius 3 is 2.35 bits per heavy atom. The lowest BCUT2D eigenvalue weighted by Crippen LogP contribution is -2.32.